The van der Waals surface area contributed by atoms with Crippen LogP contribution in [0.1, 0.15) is 50.3 Å². The number of aliphatic hydroxyl groups excluding tert-OH is 1. The molecule has 1 aromatic carbocycles. The highest BCUT2D eigenvalue weighted by atomic mass is 19.4. The number of aliphatic hydroxyl groups is 1. The van der Waals surface area contributed by atoms with Gasteiger partial charge in [-0.05, 0) is 50.2 Å². The highest BCUT2D eigenvalue weighted by Gasteiger charge is 2.38. The Kier molecular flexibility index (Phi) is 7.89. The van der Waals surface area contributed by atoms with Gasteiger partial charge in [-0.1, -0.05) is 19.1 Å². The normalized spacial score (nSPS) is 22.5. The van der Waals surface area contributed by atoms with Crippen molar-refractivity contribution in [3.8, 4) is 0 Å². The fourth-order valence-electron chi connectivity index (χ4n) is 5.31. The second-order valence-corrected chi connectivity index (χ2v) is 9.87. The summed E-state index contributed by atoms with van der Waals surface area (Å²) >= 11 is 0. The van der Waals surface area contributed by atoms with E-state index in [2.05, 4.69) is 20.5 Å². The van der Waals surface area contributed by atoms with E-state index >= 15 is 0 Å². The molecule has 1 aliphatic heterocycles. The van der Waals surface area contributed by atoms with Crippen molar-refractivity contribution in [1.82, 2.24) is 15.2 Å². The fraction of sp³-hybridized carbons (Fsp3) is 0.600. The van der Waals surface area contributed by atoms with Crippen LogP contribution in [0.3, 0.4) is 0 Å². The molecular formula is C25H30F6N4O2. The minimum atomic E-state index is -4.96. The first-order chi connectivity index (χ1) is 17.4. The van der Waals surface area contributed by atoms with E-state index in [0.717, 1.165) is 38.2 Å². The lowest BCUT2D eigenvalue weighted by atomic mass is 9.80. The second-order valence-electron chi connectivity index (χ2n) is 9.87. The van der Waals surface area contributed by atoms with Crippen molar-refractivity contribution in [3.05, 3.63) is 35.5 Å². The van der Waals surface area contributed by atoms with Crippen molar-refractivity contribution in [2.45, 2.75) is 69.6 Å². The van der Waals surface area contributed by atoms with E-state index < -0.39 is 41.6 Å². The van der Waals surface area contributed by atoms with Gasteiger partial charge in [0.15, 0.2) is 0 Å². The van der Waals surface area contributed by atoms with Crippen LogP contribution in [0.5, 0.6) is 0 Å². The number of benzene rings is 1. The van der Waals surface area contributed by atoms with Gasteiger partial charge in [-0.15, -0.1) is 0 Å². The molecule has 1 atom stereocenters. The van der Waals surface area contributed by atoms with Crippen LogP contribution in [0.2, 0.25) is 0 Å². The lowest BCUT2D eigenvalue weighted by Gasteiger charge is -2.47. The van der Waals surface area contributed by atoms with Crippen LogP contribution in [0, 0.1) is 5.92 Å². The van der Waals surface area contributed by atoms with Crippen molar-refractivity contribution in [3.63, 3.8) is 0 Å². The van der Waals surface area contributed by atoms with E-state index in [0.29, 0.717) is 37.2 Å². The minimum Gasteiger partial charge on any atom is -0.393 e. The Balaban J connectivity index is 1.35. The number of rotatable bonds is 7. The van der Waals surface area contributed by atoms with Gasteiger partial charge in [-0.3, -0.25) is 9.69 Å². The Morgan fingerprint density at radius 1 is 1.11 bits per heavy atom. The molecule has 2 heterocycles. The van der Waals surface area contributed by atoms with E-state index in [1.807, 2.05) is 6.92 Å². The Bertz CT molecular complexity index is 1110. The molecule has 1 aromatic heterocycles. The van der Waals surface area contributed by atoms with E-state index in [1.165, 1.54) is 6.07 Å². The molecule has 1 saturated carbocycles. The number of alkyl halides is 6. The van der Waals surface area contributed by atoms with Crippen molar-refractivity contribution < 1.29 is 36.2 Å². The number of fused-ring (bicyclic) bond motifs is 1. The molecule has 3 N–H and O–H groups in total. The molecule has 204 valence electrons. The Labute approximate surface area is 210 Å². The lowest BCUT2D eigenvalue weighted by Crippen LogP contribution is -2.63. The van der Waals surface area contributed by atoms with Gasteiger partial charge in [0, 0.05) is 30.2 Å². The summed E-state index contributed by atoms with van der Waals surface area (Å²) in [5.41, 5.74) is -3.84. The summed E-state index contributed by atoms with van der Waals surface area (Å²) in [6, 6.07) is 3.91. The Hall–Kier alpha value is -2.60. The zero-order valence-corrected chi connectivity index (χ0v) is 20.3. The highest BCUT2D eigenvalue weighted by molar-refractivity contribution is 5.95. The lowest BCUT2D eigenvalue weighted by molar-refractivity contribution is -0.142. The molecule has 12 heteroatoms. The van der Waals surface area contributed by atoms with E-state index in [1.54, 1.807) is 0 Å². The number of anilines is 1. The number of likely N-dealkylation sites (tertiary alicyclic amines) is 1. The molecule has 37 heavy (non-hydrogen) atoms. The number of halogens is 6. The number of amides is 1. The van der Waals surface area contributed by atoms with Crippen molar-refractivity contribution in [2.75, 3.05) is 25.0 Å². The largest absolute Gasteiger partial charge is 0.433 e. The number of hydrogen-bond acceptors (Lipinski definition) is 5. The van der Waals surface area contributed by atoms with Gasteiger partial charge in [-0.25, -0.2) is 4.98 Å². The third kappa shape index (κ3) is 6.28. The zero-order valence-electron chi connectivity index (χ0n) is 20.3. The number of carbonyl (C=O) groups is 1. The molecule has 0 bridgehead atoms. The first-order valence-corrected chi connectivity index (χ1v) is 12.4. The minimum absolute atomic E-state index is 0.106. The maximum atomic E-state index is 13.4. The van der Waals surface area contributed by atoms with Gasteiger partial charge in [0.25, 0.3) is 0 Å². The highest BCUT2D eigenvalue weighted by Crippen LogP contribution is 2.39. The summed E-state index contributed by atoms with van der Waals surface area (Å²) in [6.07, 6.45) is -5.47. The number of hydrogen-bond donors (Lipinski definition) is 3. The summed E-state index contributed by atoms with van der Waals surface area (Å²) in [7, 11) is 0. The van der Waals surface area contributed by atoms with Crippen LogP contribution in [0.4, 0.5) is 32.0 Å². The summed E-state index contributed by atoms with van der Waals surface area (Å²) in [5, 5.41) is 15.3. The van der Waals surface area contributed by atoms with Crippen LogP contribution in [0.25, 0.3) is 10.9 Å². The van der Waals surface area contributed by atoms with Crippen molar-refractivity contribution >= 4 is 22.5 Å². The predicted molar refractivity (Wildman–Crippen MR) is 126 cm³/mol. The average Bonchev–Trinajstić information content (AvgIpc) is 2.82. The van der Waals surface area contributed by atoms with E-state index in [4.69, 9.17) is 0 Å². The van der Waals surface area contributed by atoms with Crippen molar-refractivity contribution in [1.29, 1.82) is 0 Å². The number of carbonyl (C=O) groups excluding carboxylic acids is 1. The fourth-order valence-corrected chi connectivity index (χ4v) is 5.31. The second kappa shape index (κ2) is 10.6. The molecule has 1 unspecified atom stereocenters. The summed E-state index contributed by atoms with van der Waals surface area (Å²) < 4.78 is 80.2. The molecule has 0 spiro atoms. The quantitative estimate of drug-likeness (QED) is 0.446. The standard InChI is InChI=1S/C25H30F6N4O2/c1-2-20(36)14-6-8-16(9-7-14)35-12-15(13-35)33-22(37)11-32-19-10-21(25(29,30)31)34-23-17(19)4-3-5-18(23)24(26,27)28/h3-5,10,14-16,20,36H,2,6-9,11-13H2,1H3,(H,32,34)(H,33,37). The number of pyridine rings is 1. The number of nitrogens with zero attached hydrogens (tertiary/aromatic N) is 2. The average molecular weight is 533 g/mol. The molecule has 2 aromatic rings. The van der Waals surface area contributed by atoms with Gasteiger partial charge in [-0.2, -0.15) is 26.3 Å². The number of aromatic nitrogens is 1. The molecule has 2 aliphatic rings. The molecular weight excluding hydrogens is 502 g/mol. The number of para-hydroxylation sites is 1. The summed E-state index contributed by atoms with van der Waals surface area (Å²) in [6.45, 7) is 2.88. The van der Waals surface area contributed by atoms with E-state index in [-0.39, 0.29) is 23.2 Å². The first kappa shape index (κ1) is 27.4. The SMILES string of the molecule is CCC(O)C1CCC(N2CC(NC(=O)CNc3cc(C(F)(F)F)nc4c(C(F)(F)F)cccc34)C2)CC1. The van der Waals surface area contributed by atoms with Gasteiger partial charge in [0.05, 0.1) is 29.8 Å². The summed E-state index contributed by atoms with van der Waals surface area (Å²) in [5.74, 6) is -0.136. The molecule has 4 rings (SSSR count). The van der Waals surface area contributed by atoms with Crippen molar-refractivity contribution in [2.24, 2.45) is 5.92 Å². The first-order valence-electron chi connectivity index (χ1n) is 12.4. The Morgan fingerprint density at radius 3 is 2.38 bits per heavy atom. The van der Waals surface area contributed by atoms with Crippen LogP contribution in [-0.4, -0.2) is 58.7 Å². The molecule has 1 aliphatic carbocycles. The van der Waals surface area contributed by atoms with Gasteiger partial charge >= 0.3 is 12.4 Å². The number of nitrogens with one attached hydrogen (secondary N) is 2. The molecule has 1 saturated heterocycles. The third-order valence-electron chi connectivity index (χ3n) is 7.37. The summed E-state index contributed by atoms with van der Waals surface area (Å²) in [4.78, 5) is 18.0. The molecule has 6 nitrogen and oxygen atoms in total. The van der Waals surface area contributed by atoms with Gasteiger partial charge < -0.3 is 15.7 Å². The zero-order chi connectivity index (χ0) is 27.0. The van der Waals surface area contributed by atoms with Crippen LogP contribution in [0.15, 0.2) is 24.3 Å². The van der Waals surface area contributed by atoms with Gasteiger partial charge in [0.2, 0.25) is 5.91 Å². The molecule has 0 radical (unpaired) electrons. The monoisotopic (exact) mass is 532 g/mol. The van der Waals surface area contributed by atoms with Crippen LogP contribution < -0.4 is 10.6 Å². The van der Waals surface area contributed by atoms with Crippen LogP contribution >= 0.6 is 0 Å². The Morgan fingerprint density at radius 2 is 1.78 bits per heavy atom. The molecule has 2 fully saturated rings. The maximum Gasteiger partial charge on any atom is 0.433 e. The smallest absolute Gasteiger partial charge is 0.393 e. The topological polar surface area (TPSA) is 77.5 Å². The third-order valence-corrected chi connectivity index (χ3v) is 7.37. The predicted octanol–water partition coefficient (Wildman–Crippen LogP) is 4.81. The molecule has 1 amide bonds. The maximum absolute atomic E-state index is 13.4. The van der Waals surface area contributed by atoms with E-state index in [9.17, 15) is 36.2 Å². The van der Waals surface area contributed by atoms with Crippen LogP contribution in [-0.2, 0) is 17.1 Å². The van der Waals surface area contributed by atoms with Gasteiger partial charge in [0.1, 0.15) is 5.69 Å².